The Morgan fingerprint density at radius 2 is 1.81 bits per heavy atom. The van der Waals surface area contributed by atoms with Gasteiger partial charge in [-0.25, -0.2) is 0 Å². The number of aromatic nitrogens is 3. The maximum atomic E-state index is 12.4. The van der Waals surface area contributed by atoms with E-state index in [1.165, 1.54) is 17.3 Å². The van der Waals surface area contributed by atoms with Gasteiger partial charge in [-0.1, -0.05) is 53.2 Å². The Hall–Kier alpha value is -2.60. The largest absolute Gasteiger partial charge is 0.325 e. The van der Waals surface area contributed by atoms with Crippen LogP contribution in [0.4, 0.5) is 5.69 Å². The van der Waals surface area contributed by atoms with E-state index in [0.29, 0.717) is 5.16 Å². The first kappa shape index (κ1) is 18.2. The van der Waals surface area contributed by atoms with Crippen molar-refractivity contribution in [1.82, 2.24) is 14.8 Å². The van der Waals surface area contributed by atoms with Crippen LogP contribution in [0.2, 0.25) is 0 Å². The number of hydrogen-bond acceptors (Lipinski definition) is 4. The highest BCUT2D eigenvalue weighted by Crippen LogP contribution is 2.26. The number of nitrogens with zero attached hydrogens (tertiary/aromatic N) is 3. The first-order valence-corrected chi connectivity index (χ1v) is 9.32. The average Bonchev–Trinajstić information content (AvgIpc) is 2.97. The molecule has 3 rings (SSSR count). The molecule has 0 saturated heterocycles. The van der Waals surface area contributed by atoms with Gasteiger partial charge in [0.1, 0.15) is 0 Å². The van der Waals surface area contributed by atoms with Gasteiger partial charge in [0, 0.05) is 18.3 Å². The Labute approximate surface area is 157 Å². The van der Waals surface area contributed by atoms with E-state index in [1.807, 2.05) is 74.9 Å². The maximum Gasteiger partial charge on any atom is 0.237 e. The molecule has 134 valence electrons. The van der Waals surface area contributed by atoms with Crippen LogP contribution in [0.1, 0.15) is 18.1 Å². The Balaban J connectivity index is 1.70. The van der Waals surface area contributed by atoms with E-state index >= 15 is 0 Å². The molecule has 0 spiro atoms. The molecule has 0 saturated carbocycles. The van der Waals surface area contributed by atoms with Gasteiger partial charge < -0.3 is 9.88 Å². The lowest BCUT2D eigenvalue weighted by Crippen LogP contribution is -2.22. The Morgan fingerprint density at radius 1 is 1.08 bits per heavy atom. The number of rotatable bonds is 5. The van der Waals surface area contributed by atoms with Gasteiger partial charge in [0.25, 0.3) is 0 Å². The fraction of sp³-hybridized carbons (Fsp3) is 0.250. The van der Waals surface area contributed by atoms with Gasteiger partial charge in [0.05, 0.1) is 5.25 Å². The Morgan fingerprint density at radius 3 is 2.50 bits per heavy atom. The molecule has 1 atom stereocenters. The summed E-state index contributed by atoms with van der Waals surface area (Å²) in [4.78, 5) is 12.4. The fourth-order valence-electron chi connectivity index (χ4n) is 2.55. The number of anilines is 1. The zero-order valence-electron chi connectivity index (χ0n) is 15.4. The first-order chi connectivity index (χ1) is 12.4. The van der Waals surface area contributed by atoms with Gasteiger partial charge in [0.15, 0.2) is 11.0 Å². The molecule has 0 fully saturated rings. The summed E-state index contributed by atoms with van der Waals surface area (Å²) in [6.45, 7) is 5.94. The molecule has 0 bridgehead atoms. The van der Waals surface area contributed by atoms with Gasteiger partial charge in [-0.3, -0.25) is 4.79 Å². The molecule has 0 aliphatic rings. The number of carbonyl (C=O) groups is 1. The summed E-state index contributed by atoms with van der Waals surface area (Å²) in [5.74, 6) is 0.737. The molecule has 1 unspecified atom stereocenters. The van der Waals surface area contributed by atoms with Crippen molar-refractivity contribution in [2.75, 3.05) is 5.32 Å². The lowest BCUT2D eigenvalue weighted by atomic mass is 10.1. The Bertz CT molecular complexity index is 918. The molecule has 0 radical (unpaired) electrons. The van der Waals surface area contributed by atoms with E-state index in [9.17, 15) is 4.79 Å². The predicted molar refractivity (Wildman–Crippen MR) is 106 cm³/mol. The number of benzene rings is 2. The number of thioether (sulfide) groups is 1. The van der Waals surface area contributed by atoms with E-state index < -0.39 is 0 Å². The summed E-state index contributed by atoms with van der Waals surface area (Å²) < 4.78 is 1.93. The molecule has 0 aliphatic carbocycles. The smallest absolute Gasteiger partial charge is 0.237 e. The molecule has 6 heteroatoms. The third kappa shape index (κ3) is 4.14. The molecule has 26 heavy (non-hydrogen) atoms. The van der Waals surface area contributed by atoms with Gasteiger partial charge >= 0.3 is 0 Å². The lowest BCUT2D eigenvalue weighted by Gasteiger charge is -2.12. The van der Waals surface area contributed by atoms with Gasteiger partial charge in [-0.2, -0.15) is 0 Å². The summed E-state index contributed by atoms with van der Waals surface area (Å²) in [6.07, 6.45) is 0. The third-order valence-electron chi connectivity index (χ3n) is 4.08. The third-order valence-corrected chi connectivity index (χ3v) is 5.22. The standard InChI is InChI=1S/C20H22N4OS/c1-13-8-10-17(11-9-13)21-19(25)15(3)26-20-23-22-18(24(20)4)16-7-5-6-14(2)12-16/h5-12,15H,1-4H3,(H,21,25). The maximum absolute atomic E-state index is 12.4. The normalized spacial score (nSPS) is 12.0. The van der Waals surface area contributed by atoms with Crippen molar-refractivity contribution in [3.8, 4) is 11.4 Å². The van der Waals surface area contributed by atoms with Crippen molar-refractivity contribution in [3.63, 3.8) is 0 Å². The molecule has 0 aliphatic heterocycles. The molecular formula is C20H22N4OS. The first-order valence-electron chi connectivity index (χ1n) is 8.44. The summed E-state index contributed by atoms with van der Waals surface area (Å²) in [7, 11) is 1.92. The van der Waals surface area contributed by atoms with Crippen LogP contribution in [0, 0.1) is 13.8 Å². The molecule has 1 N–H and O–H groups in total. The van der Waals surface area contributed by atoms with E-state index in [-0.39, 0.29) is 11.2 Å². The lowest BCUT2D eigenvalue weighted by molar-refractivity contribution is -0.115. The van der Waals surface area contributed by atoms with Gasteiger partial charge in [-0.15, -0.1) is 10.2 Å². The second-order valence-electron chi connectivity index (χ2n) is 6.35. The number of nitrogens with one attached hydrogen (secondary N) is 1. The van der Waals surface area contributed by atoms with Crippen LogP contribution in [-0.2, 0) is 11.8 Å². The second kappa shape index (κ2) is 7.74. The van der Waals surface area contributed by atoms with Crippen molar-refractivity contribution < 1.29 is 4.79 Å². The van der Waals surface area contributed by atoms with Crippen molar-refractivity contribution >= 4 is 23.4 Å². The van der Waals surface area contributed by atoms with Crippen molar-refractivity contribution in [2.24, 2.45) is 7.05 Å². The van der Waals surface area contributed by atoms with Crippen LogP contribution in [0.25, 0.3) is 11.4 Å². The van der Waals surface area contributed by atoms with Crippen LogP contribution < -0.4 is 5.32 Å². The summed E-state index contributed by atoms with van der Waals surface area (Å²) >= 11 is 1.40. The quantitative estimate of drug-likeness (QED) is 0.687. The number of hydrogen-bond donors (Lipinski definition) is 1. The topological polar surface area (TPSA) is 59.8 Å². The summed E-state index contributed by atoms with van der Waals surface area (Å²) in [6, 6.07) is 15.9. The molecule has 2 aromatic carbocycles. The minimum atomic E-state index is -0.287. The Kier molecular flexibility index (Phi) is 5.42. The molecular weight excluding hydrogens is 344 g/mol. The highest BCUT2D eigenvalue weighted by Gasteiger charge is 2.19. The minimum absolute atomic E-state index is 0.0565. The van der Waals surface area contributed by atoms with Gasteiger partial charge in [0.2, 0.25) is 5.91 Å². The zero-order chi connectivity index (χ0) is 18.7. The molecule has 1 aromatic heterocycles. The van der Waals surface area contributed by atoms with E-state index in [1.54, 1.807) is 0 Å². The van der Waals surface area contributed by atoms with Crippen LogP contribution in [0.5, 0.6) is 0 Å². The van der Waals surface area contributed by atoms with Crippen LogP contribution >= 0.6 is 11.8 Å². The number of aryl methyl sites for hydroxylation is 2. The fourth-order valence-corrected chi connectivity index (χ4v) is 3.36. The van der Waals surface area contributed by atoms with E-state index in [2.05, 4.69) is 21.6 Å². The monoisotopic (exact) mass is 366 g/mol. The van der Waals surface area contributed by atoms with Crippen LogP contribution in [0.3, 0.4) is 0 Å². The number of carbonyl (C=O) groups excluding carboxylic acids is 1. The van der Waals surface area contributed by atoms with Crippen molar-refractivity contribution in [1.29, 1.82) is 0 Å². The highest BCUT2D eigenvalue weighted by molar-refractivity contribution is 8.00. The van der Waals surface area contributed by atoms with Gasteiger partial charge in [-0.05, 0) is 39.0 Å². The molecule has 3 aromatic rings. The molecule has 1 amide bonds. The molecule has 5 nitrogen and oxygen atoms in total. The average molecular weight is 366 g/mol. The van der Waals surface area contributed by atoms with Crippen molar-refractivity contribution in [2.45, 2.75) is 31.2 Å². The van der Waals surface area contributed by atoms with Crippen LogP contribution in [-0.4, -0.2) is 25.9 Å². The zero-order valence-corrected chi connectivity index (χ0v) is 16.2. The number of amides is 1. The van der Waals surface area contributed by atoms with Crippen molar-refractivity contribution in [3.05, 3.63) is 59.7 Å². The molecule has 1 heterocycles. The van der Waals surface area contributed by atoms with Crippen LogP contribution in [0.15, 0.2) is 53.7 Å². The van der Waals surface area contributed by atoms with E-state index in [4.69, 9.17) is 0 Å². The predicted octanol–water partition coefficient (Wildman–Crippen LogP) is 4.22. The highest BCUT2D eigenvalue weighted by atomic mass is 32.2. The second-order valence-corrected chi connectivity index (χ2v) is 7.66. The van der Waals surface area contributed by atoms with E-state index in [0.717, 1.165) is 22.6 Å². The summed E-state index contributed by atoms with van der Waals surface area (Å²) in [5.41, 5.74) is 4.15. The minimum Gasteiger partial charge on any atom is -0.325 e. The SMILES string of the molecule is Cc1ccc(NC(=O)C(C)Sc2nnc(-c3cccc(C)c3)n2C)cc1. The summed E-state index contributed by atoms with van der Waals surface area (Å²) in [5, 5.41) is 11.9.